The van der Waals surface area contributed by atoms with Crippen LogP contribution in [0.5, 0.6) is 5.75 Å². The van der Waals surface area contributed by atoms with Gasteiger partial charge in [0.25, 0.3) is 6.01 Å². The number of hydrogen-bond donors (Lipinski definition) is 1. The van der Waals surface area contributed by atoms with Crippen molar-refractivity contribution in [1.29, 1.82) is 0 Å². The molecule has 0 radical (unpaired) electrons. The Labute approximate surface area is 254 Å². The van der Waals surface area contributed by atoms with Gasteiger partial charge in [-0.05, 0) is 42.0 Å². The Bertz CT molecular complexity index is 1670. The first kappa shape index (κ1) is 28.4. The standard InChI is InChI=1S/C34H31N3O5S/c1-40-33(39)30(35-28-12-6-5-11-27(28)32(38)24-9-3-2-4-10-24)19-23-15-17-26(18-16-23)41-20-25-21-43-22-37(25)34-36-29-13-7-8-14-31(29)42-34/h2-18,25,30,35H,19-22H2,1H3/t25-,30+/m1/s1. The van der Waals surface area contributed by atoms with Gasteiger partial charge in [0.1, 0.15) is 23.9 Å². The molecule has 1 aliphatic rings. The van der Waals surface area contributed by atoms with Crippen LogP contribution in [0, 0.1) is 0 Å². The van der Waals surface area contributed by atoms with Crippen molar-refractivity contribution >= 4 is 46.3 Å². The Morgan fingerprint density at radius 1 is 0.977 bits per heavy atom. The zero-order chi connectivity index (χ0) is 29.6. The average Bonchev–Trinajstić information content (AvgIpc) is 3.71. The summed E-state index contributed by atoms with van der Waals surface area (Å²) >= 11 is 1.82. The number of carbonyl (C=O) groups excluding carboxylic acids is 2. The van der Waals surface area contributed by atoms with Crippen LogP contribution in [-0.4, -0.2) is 54.2 Å². The summed E-state index contributed by atoms with van der Waals surface area (Å²) in [4.78, 5) is 32.8. The molecular formula is C34H31N3O5S. The molecule has 1 saturated heterocycles. The van der Waals surface area contributed by atoms with Gasteiger partial charge in [-0.1, -0.05) is 66.7 Å². The second-order valence-electron chi connectivity index (χ2n) is 10.2. The van der Waals surface area contributed by atoms with Crippen LogP contribution in [-0.2, 0) is 16.0 Å². The third kappa shape index (κ3) is 6.52. The third-order valence-corrected chi connectivity index (χ3v) is 8.42. The summed E-state index contributed by atoms with van der Waals surface area (Å²) in [6, 6.07) is 31.8. The normalized spacial score (nSPS) is 15.3. The number of ketones is 1. The molecule has 8 nitrogen and oxygen atoms in total. The minimum absolute atomic E-state index is 0.121. The first-order chi connectivity index (χ1) is 21.1. The summed E-state index contributed by atoms with van der Waals surface area (Å²) in [6.07, 6.45) is 0.367. The molecule has 0 aliphatic carbocycles. The lowest BCUT2D eigenvalue weighted by Gasteiger charge is -2.22. The smallest absolute Gasteiger partial charge is 0.328 e. The zero-order valence-electron chi connectivity index (χ0n) is 23.6. The lowest BCUT2D eigenvalue weighted by atomic mass is 10.00. The van der Waals surface area contributed by atoms with Crippen LogP contribution < -0.4 is 15.0 Å². The van der Waals surface area contributed by atoms with Crippen LogP contribution in [0.15, 0.2) is 108 Å². The maximum absolute atomic E-state index is 13.2. The van der Waals surface area contributed by atoms with Gasteiger partial charge < -0.3 is 24.1 Å². The van der Waals surface area contributed by atoms with Crippen LogP contribution in [0.4, 0.5) is 11.7 Å². The second kappa shape index (κ2) is 13.0. The molecule has 2 atom stereocenters. The molecule has 5 aromatic rings. The van der Waals surface area contributed by atoms with Crippen molar-refractivity contribution in [3.8, 4) is 5.75 Å². The molecule has 1 aromatic heterocycles. The number of nitrogens with zero attached hydrogens (tertiary/aromatic N) is 2. The van der Waals surface area contributed by atoms with E-state index in [4.69, 9.17) is 13.9 Å². The average molecular weight is 594 g/mol. The summed E-state index contributed by atoms with van der Waals surface area (Å²) in [6.45, 7) is 0.490. The molecule has 1 fully saturated rings. The van der Waals surface area contributed by atoms with Gasteiger partial charge >= 0.3 is 5.97 Å². The van der Waals surface area contributed by atoms with E-state index in [-0.39, 0.29) is 11.8 Å². The van der Waals surface area contributed by atoms with Gasteiger partial charge in [0, 0.05) is 29.0 Å². The molecule has 0 unspecified atom stereocenters. The van der Waals surface area contributed by atoms with Gasteiger partial charge in [0.15, 0.2) is 11.4 Å². The van der Waals surface area contributed by atoms with E-state index in [1.165, 1.54) is 7.11 Å². The number of thioether (sulfide) groups is 1. The van der Waals surface area contributed by atoms with E-state index in [1.807, 2.05) is 90.6 Å². The number of benzene rings is 4. The molecule has 9 heteroatoms. The van der Waals surface area contributed by atoms with Crippen molar-refractivity contribution < 1.29 is 23.5 Å². The number of nitrogens with one attached hydrogen (secondary N) is 1. The monoisotopic (exact) mass is 593 g/mol. The Morgan fingerprint density at radius 3 is 2.51 bits per heavy atom. The molecular weight excluding hydrogens is 562 g/mol. The largest absolute Gasteiger partial charge is 0.491 e. The Kier molecular flexibility index (Phi) is 8.60. The number of hydrogen-bond acceptors (Lipinski definition) is 9. The quantitative estimate of drug-likeness (QED) is 0.142. The van der Waals surface area contributed by atoms with E-state index < -0.39 is 12.0 Å². The fourth-order valence-electron chi connectivity index (χ4n) is 5.04. The van der Waals surface area contributed by atoms with Crippen LogP contribution >= 0.6 is 11.8 Å². The van der Waals surface area contributed by atoms with E-state index in [0.29, 0.717) is 35.9 Å². The predicted molar refractivity (Wildman–Crippen MR) is 169 cm³/mol. The molecule has 6 rings (SSSR count). The molecule has 218 valence electrons. The summed E-state index contributed by atoms with van der Waals surface area (Å²) in [5.74, 6) is 1.91. The minimum atomic E-state index is -0.693. The number of oxazole rings is 1. The van der Waals surface area contributed by atoms with Gasteiger partial charge in [0.2, 0.25) is 0 Å². The second-order valence-corrected chi connectivity index (χ2v) is 11.2. The number of methoxy groups -OCH3 is 1. The molecule has 2 heterocycles. The molecule has 1 N–H and O–H groups in total. The van der Waals surface area contributed by atoms with Gasteiger partial charge in [-0.2, -0.15) is 4.98 Å². The SMILES string of the molecule is COC(=O)[C@H](Cc1ccc(OC[C@@H]2CSCN2c2nc3ccccc3o2)cc1)Nc1ccccc1C(=O)c1ccccc1. The lowest BCUT2D eigenvalue weighted by Crippen LogP contribution is -2.36. The highest BCUT2D eigenvalue weighted by molar-refractivity contribution is 7.99. The van der Waals surface area contributed by atoms with E-state index in [2.05, 4.69) is 15.2 Å². The van der Waals surface area contributed by atoms with Gasteiger partial charge in [0.05, 0.1) is 19.0 Å². The number of fused-ring (bicyclic) bond motifs is 1. The number of rotatable bonds is 11. The fraction of sp³-hybridized carbons (Fsp3) is 0.206. The Morgan fingerprint density at radius 2 is 1.72 bits per heavy atom. The fourth-order valence-corrected chi connectivity index (χ4v) is 6.21. The molecule has 1 aliphatic heterocycles. The molecule has 0 saturated carbocycles. The topological polar surface area (TPSA) is 93.9 Å². The summed E-state index contributed by atoms with van der Waals surface area (Å²) in [5, 5.41) is 3.26. The highest BCUT2D eigenvalue weighted by atomic mass is 32.2. The molecule has 0 bridgehead atoms. The van der Waals surface area contributed by atoms with E-state index in [0.717, 1.165) is 34.0 Å². The van der Waals surface area contributed by atoms with Crippen molar-refractivity contribution in [3.63, 3.8) is 0 Å². The third-order valence-electron chi connectivity index (χ3n) is 7.34. The van der Waals surface area contributed by atoms with Crippen LogP contribution in [0.2, 0.25) is 0 Å². The summed E-state index contributed by atoms with van der Waals surface area (Å²) < 4.78 is 17.2. The van der Waals surface area contributed by atoms with Crippen LogP contribution in [0.25, 0.3) is 11.1 Å². The number of aromatic nitrogens is 1. The lowest BCUT2D eigenvalue weighted by molar-refractivity contribution is -0.141. The van der Waals surface area contributed by atoms with Gasteiger partial charge in [-0.3, -0.25) is 4.79 Å². The maximum Gasteiger partial charge on any atom is 0.328 e. The molecule has 43 heavy (non-hydrogen) atoms. The van der Waals surface area contributed by atoms with Crippen molar-refractivity contribution in [2.75, 3.05) is 35.6 Å². The van der Waals surface area contributed by atoms with Crippen molar-refractivity contribution in [3.05, 3.63) is 120 Å². The summed E-state index contributed by atoms with van der Waals surface area (Å²) in [5.41, 5.74) is 4.18. The van der Waals surface area contributed by atoms with E-state index in [1.54, 1.807) is 24.3 Å². The summed E-state index contributed by atoms with van der Waals surface area (Å²) in [7, 11) is 1.36. The predicted octanol–water partition coefficient (Wildman–Crippen LogP) is 6.21. The highest BCUT2D eigenvalue weighted by Gasteiger charge is 2.30. The highest BCUT2D eigenvalue weighted by Crippen LogP contribution is 2.30. The number of para-hydroxylation sites is 3. The van der Waals surface area contributed by atoms with E-state index in [9.17, 15) is 9.59 Å². The van der Waals surface area contributed by atoms with Gasteiger partial charge in [-0.25, -0.2) is 4.79 Å². The van der Waals surface area contributed by atoms with Crippen molar-refractivity contribution in [2.45, 2.75) is 18.5 Å². The van der Waals surface area contributed by atoms with Crippen molar-refractivity contribution in [2.24, 2.45) is 0 Å². The van der Waals surface area contributed by atoms with Crippen LogP contribution in [0.3, 0.4) is 0 Å². The van der Waals surface area contributed by atoms with Gasteiger partial charge in [-0.15, -0.1) is 11.8 Å². The van der Waals surface area contributed by atoms with Crippen LogP contribution in [0.1, 0.15) is 21.5 Å². The molecule has 0 spiro atoms. The number of carbonyl (C=O) groups is 2. The Hall–Kier alpha value is -4.76. The Balaban J connectivity index is 1.10. The first-order valence-electron chi connectivity index (χ1n) is 14.0. The minimum Gasteiger partial charge on any atom is -0.491 e. The number of esters is 1. The molecule has 0 amide bonds. The number of anilines is 2. The van der Waals surface area contributed by atoms with Crippen molar-refractivity contribution in [1.82, 2.24) is 4.98 Å². The first-order valence-corrected chi connectivity index (χ1v) is 15.2. The van der Waals surface area contributed by atoms with E-state index >= 15 is 0 Å². The zero-order valence-corrected chi connectivity index (χ0v) is 24.5. The number of ether oxygens (including phenoxy) is 2. The molecule has 4 aromatic carbocycles. The maximum atomic E-state index is 13.2.